The summed E-state index contributed by atoms with van der Waals surface area (Å²) in [5.41, 5.74) is 11.3. The Kier molecular flexibility index (Phi) is 3.11. The number of aryl methyl sites for hydroxylation is 2. The minimum absolute atomic E-state index is 0.389. The molecule has 2 aromatic carbocycles. The fourth-order valence-electron chi connectivity index (χ4n) is 2.13. The molecule has 1 heterocycles. The number of nitrogen functional groups attached to an aromatic ring is 1. The number of aromatic amines is 1. The molecule has 3 nitrogen and oxygen atoms in total. The lowest BCUT2D eigenvalue weighted by Crippen LogP contribution is -1.89. The van der Waals surface area contributed by atoms with Gasteiger partial charge in [0.15, 0.2) is 0 Å². The normalized spacial score (nSPS) is 11.2. The number of rotatable bonds is 1. The van der Waals surface area contributed by atoms with E-state index in [1.807, 2.05) is 0 Å². The van der Waals surface area contributed by atoms with E-state index in [-0.39, 0.29) is 0 Å². The number of halogens is 2. The molecule has 0 bridgehead atoms. The van der Waals surface area contributed by atoms with Crippen LogP contribution >= 0.6 is 23.2 Å². The summed E-state index contributed by atoms with van der Waals surface area (Å²) in [5.74, 6) is 0.730. The Morgan fingerprint density at radius 3 is 2.25 bits per heavy atom. The Bertz CT molecular complexity index is 759. The first-order valence-corrected chi connectivity index (χ1v) is 6.93. The van der Waals surface area contributed by atoms with Gasteiger partial charge in [-0.05, 0) is 49.2 Å². The third-order valence-electron chi connectivity index (χ3n) is 3.45. The van der Waals surface area contributed by atoms with Crippen LogP contribution in [0.1, 0.15) is 11.1 Å². The molecule has 3 N–H and O–H groups in total. The van der Waals surface area contributed by atoms with Gasteiger partial charge in [0.1, 0.15) is 5.82 Å². The van der Waals surface area contributed by atoms with Gasteiger partial charge in [-0.15, -0.1) is 0 Å². The number of hydrogen-bond donors (Lipinski definition) is 2. The van der Waals surface area contributed by atoms with E-state index >= 15 is 0 Å². The van der Waals surface area contributed by atoms with Gasteiger partial charge in [-0.3, -0.25) is 0 Å². The van der Waals surface area contributed by atoms with Crippen molar-refractivity contribution < 1.29 is 0 Å². The molecule has 0 radical (unpaired) electrons. The van der Waals surface area contributed by atoms with Gasteiger partial charge in [-0.1, -0.05) is 23.2 Å². The molecule has 0 saturated heterocycles. The highest BCUT2D eigenvalue weighted by atomic mass is 35.5. The average molecular weight is 306 g/mol. The van der Waals surface area contributed by atoms with Crippen LogP contribution in [0.5, 0.6) is 0 Å². The first-order chi connectivity index (χ1) is 9.45. The van der Waals surface area contributed by atoms with Gasteiger partial charge in [0.05, 0.1) is 26.8 Å². The average Bonchev–Trinajstić information content (AvgIpc) is 2.79. The molecular weight excluding hydrogens is 293 g/mol. The highest BCUT2D eigenvalue weighted by Gasteiger charge is 2.11. The van der Waals surface area contributed by atoms with Gasteiger partial charge >= 0.3 is 0 Å². The Labute approximate surface area is 126 Å². The van der Waals surface area contributed by atoms with Crippen molar-refractivity contribution in [3.63, 3.8) is 0 Å². The number of H-pyrrole nitrogens is 1. The molecule has 0 aliphatic heterocycles. The lowest BCUT2D eigenvalue weighted by molar-refractivity contribution is 1.34. The van der Waals surface area contributed by atoms with Gasteiger partial charge in [0.25, 0.3) is 0 Å². The van der Waals surface area contributed by atoms with Crippen LogP contribution in [-0.2, 0) is 0 Å². The van der Waals surface area contributed by atoms with Gasteiger partial charge in [-0.2, -0.15) is 0 Å². The highest BCUT2D eigenvalue weighted by Crippen LogP contribution is 2.33. The van der Waals surface area contributed by atoms with Crippen molar-refractivity contribution >= 4 is 39.9 Å². The van der Waals surface area contributed by atoms with Crippen molar-refractivity contribution in [3.8, 4) is 11.4 Å². The summed E-state index contributed by atoms with van der Waals surface area (Å²) in [7, 11) is 0. The number of fused-ring (bicyclic) bond motifs is 1. The molecule has 1 aromatic heterocycles. The second kappa shape index (κ2) is 4.69. The van der Waals surface area contributed by atoms with Crippen LogP contribution in [0.3, 0.4) is 0 Å². The molecule has 0 atom stereocenters. The standard InChI is InChI=1S/C15H13Cl2N3/c1-7-3-12-13(4-8(7)2)20-15(19-12)9-5-10(16)14(18)11(17)6-9/h3-6H,18H2,1-2H3,(H,19,20). The third-order valence-corrected chi connectivity index (χ3v) is 4.08. The van der Waals surface area contributed by atoms with E-state index in [0.717, 1.165) is 22.4 Å². The zero-order valence-corrected chi connectivity index (χ0v) is 12.6. The second-order valence-corrected chi connectivity index (χ2v) is 5.71. The zero-order chi connectivity index (χ0) is 14.4. The second-order valence-electron chi connectivity index (χ2n) is 4.89. The van der Waals surface area contributed by atoms with Crippen LogP contribution < -0.4 is 5.73 Å². The molecule has 0 spiro atoms. The van der Waals surface area contributed by atoms with Crippen LogP contribution in [0.4, 0.5) is 5.69 Å². The van der Waals surface area contributed by atoms with E-state index in [2.05, 4.69) is 35.9 Å². The number of aromatic nitrogens is 2. The molecule has 3 aromatic rings. The molecule has 0 fully saturated rings. The monoisotopic (exact) mass is 305 g/mol. The molecule has 0 unspecified atom stereocenters. The maximum absolute atomic E-state index is 6.07. The molecule has 0 saturated carbocycles. The van der Waals surface area contributed by atoms with Crippen molar-refractivity contribution in [2.75, 3.05) is 5.73 Å². The summed E-state index contributed by atoms with van der Waals surface area (Å²) in [5, 5.41) is 0.862. The molecule has 0 aliphatic carbocycles. The number of nitrogens with one attached hydrogen (secondary N) is 1. The van der Waals surface area contributed by atoms with Gasteiger partial charge in [0.2, 0.25) is 0 Å². The van der Waals surface area contributed by atoms with Crippen LogP contribution in [0.25, 0.3) is 22.4 Å². The SMILES string of the molecule is Cc1cc2nc(-c3cc(Cl)c(N)c(Cl)c3)[nH]c2cc1C. The summed E-state index contributed by atoms with van der Waals surface area (Å²) >= 11 is 12.1. The van der Waals surface area contributed by atoms with E-state index in [9.17, 15) is 0 Å². The number of imidazole rings is 1. The number of nitrogens with zero attached hydrogens (tertiary/aromatic N) is 1. The smallest absolute Gasteiger partial charge is 0.138 e. The minimum Gasteiger partial charge on any atom is -0.396 e. The van der Waals surface area contributed by atoms with E-state index in [0.29, 0.717) is 15.7 Å². The number of benzene rings is 2. The van der Waals surface area contributed by atoms with Gasteiger partial charge < -0.3 is 10.7 Å². The Morgan fingerprint density at radius 1 is 1.00 bits per heavy atom. The molecular formula is C15H13Cl2N3. The van der Waals surface area contributed by atoms with E-state index in [1.54, 1.807) is 12.1 Å². The summed E-state index contributed by atoms with van der Waals surface area (Å²) in [6.07, 6.45) is 0. The lowest BCUT2D eigenvalue weighted by atomic mass is 10.1. The largest absolute Gasteiger partial charge is 0.396 e. The lowest BCUT2D eigenvalue weighted by Gasteiger charge is -2.03. The molecule has 102 valence electrons. The first kappa shape index (κ1) is 13.3. The Morgan fingerprint density at radius 2 is 1.60 bits per heavy atom. The summed E-state index contributed by atoms with van der Waals surface area (Å²) < 4.78 is 0. The molecule has 20 heavy (non-hydrogen) atoms. The fourth-order valence-corrected chi connectivity index (χ4v) is 2.61. The van der Waals surface area contributed by atoms with Crippen molar-refractivity contribution in [2.24, 2.45) is 0 Å². The van der Waals surface area contributed by atoms with Crippen molar-refractivity contribution in [1.82, 2.24) is 9.97 Å². The predicted molar refractivity (Wildman–Crippen MR) is 85.4 cm³/mol. The third kappa shape index (κ3) is 2.13. The van der Waals surface area contributed by atoms with Crippen LogP contribution in [-0.4, -0.2) is 9.97 Å². The highest BCUT2D eigenvalue weighted by molar-refractivity contribution is 6.39. The van der Waals surface area contributed by atoms with Gasteiger partial charge in [-0.25, -0.2) is 4.98 Å². The molecule has 5 heteroatoms. The number of hydrogen-bond acceptors (Lipinski definition) is 2. The van der Waals surface area contributed by atoms with E-state index in [1.165, 1.54) is 11.1 Å². The van der Waals surface area contributed by atoms with Crippen LogP contribution in [0.2, 0.25) is 10.0 Å². The minimum atomic E-state index is 0.389. The number of anilines is 1. The summed E-state index contributed by atoms with van der Waals surface area (Å²) in [6.45, 7) is 4.15. The van der Waals surface area contributed by atoms with Crippen LogP contribution in [0, 0.1) is 13.8 Å². The van der Waals surface area contributed by atoms with E-state index in [4.69, 9.17) is 28.9 Å². The van der Waals surface area contributed by atoms with E-state index < -0.39 is 0 Å². The van der Waals surface area contributed by atoms with Crippen molar-refractivity contribution in [3.05, 3.63) is 45.4 Å². The Hall–Kier alpha value is -1.71. The number of nitrogens with two attached hydrogens (primary N) is 1. The van der Waals surface area contributed by atoms with Crippen LogP contribution in [0.15, 0.2) is 24.3 Å². The topological polar surface area (TPSA) is 54.7 Å². The quantitative estimate of drug-likeness (QED) is 0.638. The predicted octanol–water partition coefficient (Wildman–Crippen LogP) is 4.74. The van der Waals surface area contributed by atoms with Crippen molar-refractivity contribution in [1.29, 1.82) is 0 Å². The summed E-state index contributed by atoms with van der Waals surface area (Å²) in [4.78, 5) is 7.87. The maximum Gasteiger partial charge on any atom is 0.138 e. The maximum atomic E-state index is 6.07. The molecule has 3 rings (SSSR count). The zero-order valence-electron chi connectivity index (χ0n) is 11.1. The fraction of sp³-hybridized carbons (Fsp3) is 0.133. The molecule has 0 amide bonds. The van der Waals surface area contributed by atoms with Crippen molar-refractivity contribution in [2.45, 2.75) is 13.8 Å². The molecule has 0 aliphatic rings. The first-order valence-electron chi connectivity index (χ1n) is 6.17. The Balaban J connectivity index is 2.20. The van der Waals surface area contributed by atoms with Gasteiger partial charge in [0, 0.05) is 5.56 Å². The summed E-state index contributed by atoms with van der Waals surface area (Å²) in [6, 6.07) is 7.67.